The fourth-order valence-electron chi connectivity index (χ4n) is 2.90. The molecule has 3 rings (SSSR count). The largest absolute Gasteiger partial charge is 0.508 e. The molecule has 1 heterocycles. The molecule has 2 N–H and O–H groups in total. The van der Waals surface area contributed by atoms with Gasteiger partial charge in [0.05, 0.1) is 0 Å². The van der Waals surface area contributed by atoms with Crippen LogP contribution in [-0.2, 0) is 6.42 Å². The van der Waals surface area contributed by atoms with Crippen LogP contribution < -0.4 is 5.32 Å². The van der Waals surface area contributed by atoms with E-state index >= 15 is 0 Å². The molecule has 0 amide bonds. The highest BCUT2D eigenvalue weighted by molar-refractivity contribution is 5.85. The SMILES string of the molecule is Cl.Oc1ccc2c(c1)CC1CNCC2C1. The number of fused-ring (bicyclic) bond motifs is 4. The molecule has 1 aromatic carbocycles. The van der Waals surface area contributed by atoms with Gasteiger partial charge in [-0.05, 0) is 54.5 Å². The van der Waals surface area contributed by atoms with E-state index in [1.807, 2.05) is 12.1 Å². The Morgan fingerprint density at radius 2 is 2.13 bits per heavy atom. The van der Waals surface area contributed by atoms with E-state index in [4.69, 9.17) is 0 Å². The van der Waals surface area contributed by atoms with Gasteiger partial charge in [-0.3, -0.25) is 0 Å². The number of rotatable bonds is 0. The molecule has 1 fully saturated rings. The lowest BCUT2D eigenvalue weighted by Gasteiger charge is -2.36. The number of halogens is 1. The molecule has 3 heteroatoms. The summed E-state index contributed by atoms with van der Waals surface area (Å²) < 4.78 is 0. The standard InChI is InChI=1S/C12H15NO.ClH/c14-11-1-2-12-9(5-11)3-8-4-10(12)7-13-6-8;/h1-2,5,8,10,13-14H,3-4,6-7H2;1H. The lowest BCUT2D eigenvalue weighted by molar-refractivity contribution is 0.317. The zero-order chi connectivity index (χ0) is 9.54. The van der Waals surface area contributed by atoms with Crippen LogP contribution in [0.1, 0.15) is 23.5 Å². The maximum absolute atomic E-state index is 9.44. The van der Waals surface area contributed by atoms with Gasteiger partial charge in [0.25, 0.3) is 0 Å². The van der Waals surface area contributed by atoms with Crippen molar-refractivity contribution in [3.05, 3.63) is 29.3 Å². The third-order valence-electron chi connectivity index (χ3n) is 3.52. The molecule has 1 aliphatic carbocycles. The van der Waals surface area contributed by atoms with E-state index in [9.17, 15) is 5.11 Å². The average molecular weight is 226 g/mol. The van der Waals surface area contributed by atoms with Gasteiger partial charge in [0.1, 0.15) is 5.75 Å². The van der Waals surface area contributed by atoms with E-state index in [0.29, 0.717) is 11.7 Å². The van der Waals surface area contributed by atoms with Gasteiger partial charge < -0.3 is 10.4 Å². The molecule has 0 aromatic heterocycles. The minimum atomic E-state index is 0. The van der Waals surface area contributed by atoms with Crippen molar-refractivity contribution in [2.75, 3.05) is 13.1 Å². The summed E-state index contributed by atoms with van der Waals surface area (Å²) >= 11 is 0. The summed E-state index contributed by atoms with van der Waals surface area (Å²) in [5.41, 5.74) is 2.82. The predicted octanol–water partition coefficient (Wildman–Crippen LogP) is 2.06. The molecule has 0 spiro atoms. The number of phenols is 1. The minimum absolute atomic E-state index is 0. The van der Waals surface area contributed by atoms with Crippen molar-refractivity contribution in [1.82, 2.24) is 5.32 Å². The molecule has 2 unspecified atom stereocenters. The molecule has 2 bridgehead atoms. The molecule has 1 saturated heterocycles. The van der Waals surface area contributed by atoms with E-state index in [0.717, 1.165) is 25.4 Å². The Labute approximate surface area is 96.1 Å². The van der Waals surface area contributed by atoms with Crippen molar-refractivity contribution < 1.29 is 5.11 Å². The van der Waals surface area contributed by atoms with E-state index < -0.39 is 0 Å². The summed E-state index contributed by atoms with van der Waals surface area (Å²) in [7, 11) is 0. The second-order valence-electron chi connectivity index (χ2n) is 4.54. The topological polar surface area (TPSA) is 32.3 Å². The molecule has 0 radical (unpaired) electrons. The number of hydrogen-bond donors (Lipinski definition) is 2. The average Bonchev–Trinajstić information content (AvgIpc) is 2.17. The minimum Gasteiger partial charge on any atom is -0.508 e. The Bertz CT molecular complexity index is 367. The van der Waals surface area contributed by atoms with Crippen LogP contribution in [0.4, 0.5) is 0 Å². The second kappa shape index (κ2) is 4.03. The molecule has 82 valence electrons. The normalized spacial score (nSPS) is 27.7. The zero-order valence-corrected chi connectivity index (χ0v) is 9.39. The number of aromatic hydroxyl groups is 1. The van der Waals surface area contributed by atoms with Crippen LogP contribution in [0, 0.1) is 5.92 Å². The molecule has 1 aromatic rings. The van der Waals surface area contributed by atoms with Crippen LogP contribution in [0.25, 0.3) is 0 Å². The van der Waals surface area contributed by atoms with Crippen molar-refractivity contribution in [3.63, 3.8) is 0 Å². The van der Waals surface area contributed by atoms with Crippen LogP contribution >= 0.6 is 12.4 Å². The highest BCUT2D eigenvalue weighted by atomic mass is 35.5. The van der Waals surface area contributed by atoms with Crippen molar-refractivity contribution in [2.24, 2.45) is 5.92 Å². The van der Waals surface area contributed by atoms with E-state index in [1.165, 1.54) is 17.5 Å². The quantitative estimate of drug-likeness (QED) is 0.709. The second-order valence-corrected chi connectivity index (χ2v) is 4.54. The van der Waals surface area contributed by atoms with Gasteiger partial charge in [0.15, 0.2) is 0 Å². The highest BCUT2D eigenvalue weighted by Crippen LogP contribution is 2.37. The summed E-state index contributed by atoms with van der Waals surface area (Å²) in [5.74, 6) is 1.87. The van der Waals surface area contributed by atoms with Crippen LogP contribution in [0.3, 0.4) is 0 Å². The summed E-state index contributed by atoms with van der Waals surface area (Å²) in [4.78, 5) is 0. The number of phenolic OH excluding ortho intramolecular Hbond substituents is 1. The number of benzene rings is 1. The summed E-state index contributed by atoms with van der Waals surface area (Å²) in [6.07, 6.45) is 2.46. The first-order chi connectivity index (χ1) is 6.83. The number of nitrogens with one attached hydrogen (secondary N) is 1. The molecular weight excluding hydrogens is 210 g/mol. The monoisotopic (exact) mass is 225 g/mol. The van der Waals surface area contributed by atoms with Gasteiger partial charge in [-0.15, -0.1) is 12.4 Å². The molecule has 15 heavy (non-hydrogen) atoms. The molecule has 2 nitrogen and oxygen atoms in total. The fourth-order valence-corrected chi connectivity index (χ4v) is 2.90. The van der Waals surface area contributed by atoms with Gasteiger partial charge in [-0.2, -0.15) is 0 Å². The fraction of sp³-hybridized carbons (Fsp3) is 0.500. The lowest BCUT2D eigenvalue weighted by atomic mass is 9.74. The van der Waals surface area contributed by atoms with Crippen LogP contribution in [-0.4, -0.2) is 18.2 Å². The highest BCUT2D eigenvalue weighted by Gasteiger charge is 2.29. The first-order valence-corrected chi connectivity index (χ1v) is 5.35. The zero-order valence-electron chi connectivity index (χ0n) is 8.57. The van der Waals surface area contributed by atoms with Gasteiger partial charge >= 0.3 is 0 Å². The maximum atomic E-state index is 9.44. The maximum Gasteiger partial charge on any atom is 0.115 e. The Hall–Kier alpha value is -0.730. The molecule has 2 aliphatic rings. The molecular formula is C12H16ClNO. The summed E-state index contributed by atoms with van der Waals surface area (Å²) in [5, 5.41) is 12.9. The van der Waals surface area contributed by atoms with Crippen LogP contribution in [0.2, 0.25) is 0 Å². The number of hydrogen-bond acceptors (Lipinski definition) is 2. The van der Waals surface area contributed by atoms with Crippen molar-refractivity contribution in [3.8, 4) is 5.75 Å². The Morgan fingerprint density at radius 1 is 1.27 bits per heavy atom. The Morgan fingerprint density at radius 3 is 3.00 bits per heavy atom. The molecule has 0 saturated carbocycles. The lowest BCUT2D eigenvalue weighted by Crippen LogP contribution is -2.39. The van der Waals surface area contributed by atoms with Crippen molar-refractivity contribution in [1.29, 1.82) is 0 Å². The van der Waals surface area contributed by atoms with Gasteiger partial charge in [-0.25, -0.2) is 0 Å². The third-order valence-corrected chi connectivity index (χ3v) is 3.52. The van der Waals surface area contributed by atoms with Gasteiger partial charge in [0.2, 0.25) is 0 Å². The first-order valence-electron chi connectivity index (χ1n) is 5.35. The van der Waals surface area contributed by atoms with Crippen LogP contribution in [0.5, 0.6) is 5.75 Å². The predicted molar refractivity (Wildman–Crippen MR) is 62.8 cm³/mol. The molecule has 1 aliphatic heterocycles. The van der Waals surface area contributed by atoms with Crippen molar-refractivity contribution in [2.45, 2.75) is 18.8 Å². The third kappa shape index (κ3) is 1.84. The Kier molecular flexibility index (Phi) is 2.89. The van der Waals surface area contributed by atoms with Crippen LogP contribution in [0.15, 0.2) is 18.2 Å². The molecule has 2 atom stereocenters. The van der Waals surface area contributed by atoms with Gasteiger partial charge in [-0.1, -0.05) is 6.07 Å². The number of piperidine rings is 1. The van der Waals surface area contributed by atoms with Crippen molar-refractivity contribution >= 4 is 12.4 Å². The Balaban J connectivity index is 0.000000853. The van der Waals surface area contributed by atoms with E-state index in [-0.39, 0.29) is 12.4 Å². The first kappa shape index (κ1) is 10.8. The van der Waals surface area contributed by atoms with E-state index in [2.05, 4.69) is 11.4 Å². The summed E-state index contributed by atoms with van der Waals surface area (Å²) in [6, 6.07) is 5.85. The summed E-state index contributed by atoms with van der Waals surface area (Å²) in [6.45, 7) is 2.25. The van der Waals surface area contributed by atoms with Gasteiger partial charge in [0, 0.05) is 6.54 Å². The van der Waals surface area contributed by atoms with E-state index in [1.54, 1.807) is 0 Å². The smallest absolute Gasteiger partial charge is 0.115 e.